The zero-order valence-electron chi connectivity index (χ0n) is 18.5. The second-order valence-electron chi connectivity index (χ2n) is 7.75. The third-order valence-corrected chi connectivity index (χ3v) is 6.95. The third kappa shape index (κ3) is 5.17. The van der Waals surface area contributed by atoms with Gasteiger partial charge < -0.3 is 5.32 Å². The quantitative estimate of drug-likeness (QED) is 0.343. The number of aryl methyl sites for hydroxylation is 1. The van der Waals surface area contributed by atoms with E-state index in [1.165, 1.54) is 16.7 Å². The number of hydrogen-bond acceptors (Lipinski definition) is 4. The fourth-order valence-electron chi connectivity index (χ4n) is 3.70. The van der Waals surface area contributed by atoms with Gasteiger partial charge in [0.05, 0.1) is 5.25 Å². The Hall–Kier alpha value is -3.53. The summed E-state index contributed by atoms with van der Waals surface area (Å²) in [5, 5.41) is 13.1. The van der Waals surface area contributed by atoms with Crippen molar-refractivity contribution in [2.24, 2.45) is 0 Å². The number of carbonyl (C=O) groups excluding carboxylic acids is 2. The summed E-state index contributed by atoms with van der Waals surface area (Å²) in [5.74, 6) is -0.730. The Bertz CT molecular complexity index is 1280. The van der Waals surface area contributed by atoms with Gasteiger partial charge in [-0.3, -0.25) is 14.5 Å². The molecule has 0 bridgehead atoms. The molecule has 1 N–H and O–H groups in total. The molecule has 0 aliphatic carbocycles. The Morgan fingerprint density at radius 1 is 1.06 bits per heavy atom. The van der Waals surface area contributed by atoms with Gasteiger partial charge >= 0.3 is 0 Å². The number of amides is 2. The van der Waals surface area contributed by atoms with Crippen LogP contribution in [0.3, 0.4) is 0 Å². The van der Waals surface area contributed by atoms with Gasteiger partial charge in [-0.2, -0.15) is 5.26 Å². The molecule has 2 amide bonds. The Labute approximate surface area is 208 Å². The number of carbonyl (C=O) groups is 2. The average molecular weight is 488 g/mol. The fraction of sp³-hybridized carbons (Fsp3) is 0.148. The first-order valence-electron chi connectivity index (χ1n) is 10.8. The second kappa shape index (κ2) is 10.6. The number of thioether (sulfide) groups is 1. The summed E-state index contributed by atoms with van der Waals surface area (Å²) in [4.78, 5) is 28.1. The van der Waals surface area contributed by atoms with E-state index in [4.69, 9.17) is 11.6 Å². The molecule has 1 fully saturated rings. The molecule has 4 rings (SSSR count). The van der Waals surface area contributed by atoms with Gasteiger partial charge in [-0.15, -0.1) is 0 Å². The van der Waals surface area contributed by atoms with Crippen molar-refractivity contribution in [3.63, 3.8) is 0 Å². The summed E-state index contributed by atoms with van der Waals surface area (Å²) in [6.45, 7) is 2.06. The van der Waals surface area contributed by atoms with Gasteiger partial charge in [0, 0.05) is 16.4 Å². The molecule has 0 radical (unpaired) electrons. The van der Waals surface area contributed by atoms with E-state index in [-0.39, 0.29) is 11.5 Å². The van der Waals surface area contributed by atoms with Crippen LogP contribution in [0.5, 0.6) is 0 Å². The van der Waals surface area contributed by atoms with Crippen molar-refractivity contribution in [2.75, 3.05) is 10.2 Å². The molecule has 3 aromatic rings. The molecular weight excluding hydrogens is 466 g/mol. The number of para-hydroxylation sites is 1. The highest BCUT2D eigenvalue weighted by molar-refractivity contribution is 8.05. The lowest BCUT2D eigenvalue weighted by molar-refractivity contribution is -0.117. The molecule has 1 atom stereocenters. The lowest BCUT2D eigenvalue weighted by Crippen LogP contribution is -2.31. The van der Waals surface area contributed by atoms with Crippen molar-refractivity contribution in [3.05, 3.63) is 106 Å². The van der Waals surface area contributed by atoms with Gasteiger partial charge in [0.15, 0.2) is 0 Å². The molecule has 5 nitrogen and oxygen atoms in total. The smallest absolute Gasteiger partial charge is 0.269 e. The van der Waals surface area contributed by atoms with E-state index < -0.39 is 11.2 Å². The largest absolute Gasteiger partial charge is 0.321 e. The van der Waals surface area contributed by atoms with Crippen molar-refractivity contribution in [1.82, 2.24) is 0 Å². The van der Waals surface area contributed by atoms with Crippen LogP contribution >= 0.6 is 23.4 Å². The maximum atomic E-state index is 13.6. The van der Waals surface area contributed by atoms with E-state index in [0.29, 0.717) is 27.8 Å². The third-order valence-electron chi connectivity index (χ3n) is 5.45. The van der Waals surface area contributed by atoms with Crippen LogP contribution in [0.4, 0.5) is 11.4 Å². The van der Waals surface area contributed by atoms with Gasteiger partial charge in [-0.05, 0) is 60.4 Å². The van der Waals surface area contributed by atoms with Crippen LogP contribution in [0.15, 0.2) is 89.5 Å². The van der Waals surface area contributed by atoms with Crippen LogP contribution in [0.25, 0.3) is 0 Å². The van der Waals surface area contributed by atoms with Crippen LogP contribution in [-0.2, 0) is 22.4 Å². The predicted molar refractivity (Wildman–Crippen MR) is 138 cm³/mol. The molecule has 0 aromatic heterocycles. The summed E-state index contributed by atoms with van der Waals surface area (Å²) in [5.41, 5.74) is 3.14. The first-order valence-corrected chi connectivity index (χ1v) is 12.1. The van der Waals surface area contributed by atoms with E-state index in [1.54, 1.807) is 30.3 Å². The van der Waals surface area contributed by atoms with E-state index in [9.17, 15) is 14.9 Å². The topological polar surface area (TPSA) is 73.2 Å². The zero-order chi connectivity index (χ0) is 24.1. The summed E-state index contributed by atoms with van der Waals surface area (Å²) in [6, 6.07) is 25.9. The highest BCUT2D eigenvalue weighted by atomic mass is 35.5. The number of halogens is 1. The van der Waals surface area contributed by atoms with E-state index in [1.807, 2.05) is 54.6 Å². The SMILES string of the molecule is CCc1ccc(N2C(=O)C(Cc3cccc(Cl)c3)S/C2=C(/C#N)C(=O)Nc2ccccc2)cc1. The molecule has 7 heteroatoms. The van der Waals surface area contributed by atoms with Crippen molar-refractivity contribution in [2.45, 2.75) is 25.0 Å². The number of benzene rings is 3. The van der Waals surface area contributed by atoms with E-state index in [2.05, 4.69) is 12.2 Å². The van der Waals surface area contributed by atoms with Crippen LogP contribution in [0.1, 0.15) is 18.1 Å². The fourth-order valence-corrected chi connectivity index (χ4v) is 5.22. The summed E-state index contributed by atoms with van der Waals surface area (Å²) in [6.07, 6.45) is 1.29. The number of anilines is 2. The van der Waals surface area contributed by atoms with Gasteiger partial charge in [0.25, 0.3) is 5.91 Å². The minimum absolute atomic E-state index is 0.102. The highest BCUT2D eigenvalue weighted by Gasteiger charge is 2.40. The standard InChI is InChI=1S/C27H22ClN3O2S/c1-2-18-11-13-22(14-12-18)31-26(33)24(16-19-7-6-8-20(28)15-19)34-27(31)23(17-29)25(32)30-21-9-4-3-5-10-21/h3-15,24H,2,16H2,1H3,(H,30,32)/b27-23-. The van der Waals surface area contributed by atoms with Gasteiger partial charge in [-0.1, -0.05) is 72.8 Å². The Balaban J connectivity index is 1.73. The van der Waals surface area contributed by atoms with Gasteiger partial charge in [0.2, 0.25) is 5.91 Å². The predicted octanol–water partition coefficient (Wildman–Crippen LogP) is 5.97. The lowest BCUT2D eigenvalue weighted by atomic mass is 10.1. The minimum atomic E-state index is -0.553. The highest BCUT2D eigenvalue weighted by Crippen LogP contribution is 2.42. The number of nitriles is 1. The molecule has 1 heterocycles. The maximum Gasteiger partial charge on any atom is 0.269 e. The molecule has 0 spiro atoms. The zero-order valence-corrected chi connectivity index (χ0v) is 20.1. The monoisotopic (exact) mass is 487 g/mol. The van der Waals surface area contributed by atoms with Crippen molar-refractivity contribution >= 4 is 46.6 Å². The molecule has 1 aliphatic rings. The van der Waals surface area contributed by atoms with Crippen molar-refractivity contribution < 1.29 is 9.59 Å². The average Bonchev–Trinajstić information content (AvgIpc) is 3.15. The normalized spacial score (nSPS) is 16.8. The molecule has 0 saturated carbocycles. The molecule has 34 heavy (non-hydrogen) atoms. The summed E-state index contributed by atoms with van der Waals surface area (Å²) >= 11 is 7.37. The van der Waals surface area contributed by atoms with E-state index >= 15 is 0 Å². The van der Waals surface area contributed by atoms with Crippen LogP contribution < -0.4 is 10.2 Å². The summed E-state index contributed by atoms with van der Waals surface area (Å²) in [7, 11) is 0. The Kier molecular flexibility index (Phi) is 7.36. The van der Waals surface area contributed by atoms with E-state index in [0.717, 1.165) is 17.5 Å². The Morgan fingerprint density at radius 2 is 1.79 bits per heavy atom. The molecule has 3 aromatic carbocycles. The molecule has 1 unspecified atom stereocenters. The van der Waals surface area contributed by atoms with Crippen LogP contribution in [-0.4, -0.2) is 17.1 Å². The number of hydrogen-bond donors (Lipinski definition) is 1. The molecule has 1 aliphatic heterocycles. The van der Waals surface area contributed by atoms with Crippen LogP contribution in [0, 0.1) is 11.3 Å². The molecular formula is C27H22ClN3O2S. The molecule has 170 valence electrons. The second-order valence-corrected chi connectivity index (χ2v) is 9.37. The molecule has 1 saturated heterocycles. The lowest BCUT2D eigenvalue weighted by Gasteiger charge is -2.19. The number of rotatable bonds is 6. The Morgan fingerprint density at radius 3 is 2.44 bits per heavy atom. The van der Waals surface area contributed by atoms with Crippen LogP contribution in [0.2, 0.25) is 5.02 Å². The van der Waals surface area contributed by atoms with Gasteiger partial charge in [-0.25, -0.2) is 0 Å². The maximum absolute atomic E-state index is 13.6. The van der Waals surface area contributed by atoms with Crippen molar-refractivity contribution in [1.29, 1.82) is 5.26 Å². The summed E-state index contributed by atoms with van der Waals surface area (Å²) < 4.78 is 0. The first kappa shape index (κ1) is 23.6. The number of nitrogens with one attached hydrogen (secondary N) is 1. The van der Waals surface area contributed by atoms with Gasteiger partial charge in [0.1, 0.15) is 16.7 Å². The van der Waals surface area contributed by atoms with Crippen molar-refractivity contribution in [3.8, 4) is 6.07 Å². The minimum Gasteiger partial charge on any atom is -0.321 e. The number of nitrogens with zero attached hydrogens (tertiary/aromatic N) is 2. The first-order chi connectivity index (χ1) is 16.5.